The molecule has 0 fully saturated rings. The van der Waals surface area contributed by atoms with E-state index in [-0.39, 0.29) is 5.17 Å². The first-order valence-electron chi connectivity index (χ1n) is 4.12. The topological polar surface area (TPSA) is 38.7 Å². The third kappa shape index (κ3) is 4.05. The third-order valence-corrected chi connectivity index (χ3v) is 1.67. The largest absolute Gasteiger partial charge is 0.332 e. The highest BCUT2D eigenvalue weighted by molar-refractivity contribution is 6.65. The molecular formula is C10H10ClNO2. The minimum atomic E-state index is -0.476. The molecule has 3 nitrogen and oxygen atoms in total. The van der Waals surface area contributed by atoms with E-state index in [1.807, 2.05) is 30.3 Å². The van der Waals surface area contributed by atoms with Gasteiger partial charge in [-0.15, -0.1) is 0 Å². The second kappa shape index (κ2) is 5.40. The minimum absolute atomic E-state index is 0.256. The molecule has 0 radical (unpaired) electrons. The summed E-state index contributed by atoms with van der Waals surface area (Å²) >= 11 is 5.73. The van der Waals surface area contributed by atoms with E-state index in [2.05, 4.69) is 9.99 Å². The van der Waals surface area contributed by atoms with Crippen LogP contribution in [0.3, 0.4) is 0 Å². The first kappa shape index (κ1) is 10.7. The minimum Gasteiger partial charge on any atom is -0.317 e. The summed E-state index contributed by atoms with van der Waals surface area (Å²) in [6.07, 6.45) is 0.468. The van der Waals surface area contributed by atoms with Crippen LogP contribution in [0.25, 0.3) is 0 Å². The van der Waals surface area contributed by atoms with Gasteiger partial charge in [0.25, 0.3) is 0 Å². The van der Waals surface area contributed by atoms with Crippen LogP contribution in [-0.4, -0.2) is 11.1 Å². The van der Waals surface area contributed by atoms with Crippen molar-refractivity contribution in [2.75, 3.05) is 0 Å². The van der Waals surface area contributed by atoms with Crippen molar-refractivity contribution >= 4 is 22.7 Å². The van der Waals surface area contributed by atoms with Gasteiger partial charge in [0.15, 0.2) is 5.17 Å². The van der Waals surface area contributed by atoms with Crippen molar-refractivity contribution in [3.63, 3.8) is 0 Å². The molecule has 0 atom stereocenters. The Kier molecular flexibility index (Phi) is 4.13. The number of hydrogen-bond donors (Lipinski definition) is 0. The standard InChI is InChI=1S/C10H10ClNO2/c1-8(13)14-12-10(11)7-9-5-3-2-4-6-9/h2-6H,7H2,1H3. The van der Waals surface area contributed by atoms with E-state index < -0.39 is 5.97 Å². The van der Waals surface area contributed by atoms with E-state index in [9.17, 15) is 4.79 Å². The van der Waals surface area contributed by atoms with Crippen LogP contribution in [0.5, 0.6) is 0 Å². The van der Waals surface area contributed by atoms with Crippen molar-refractivity contribution < 1.29 is 9.63 Å². The molecule has 0 amide bonds. The molecule has 74 valence electrons. The van der Waals surface area contributed by atoms with Crippen LogP contribution >= 0.6 is 11.6 Å². The predicted octanol–water partition coefficient (Wildman–Crippen LogP) is 2.34. The van der Waals surface area contributed by atoms with Crippen molar-refractivity contribution in [3.05, 3.63) is 35.9 Å². The molecule has 0 N–H and O–H groups in total. The smallest absolute Gasteiger partial charge is 0.317 e. The fourth-order valence-corrected chi connectivity index (χ4v) is 1.10. The number of halogens is 1. The Labute approximate surface area is 87.3 Å². The molecule has 0 bridgehead atoms. The van der Waals surface area contributed by atoms with Gasteiger partial charge in [-0.05, 0) is 5.56 Å². The molecule has 0 aromatic heterocycles. The lowest BCUT2D eigenvalue weighted by Gasteiger charge is -1.97. The average molecular weight is 212 g/mol. The second-order valence-corrected chi connectivity index (χ2v) is 3.15. The van der Waals surface area contributed by atoms with E-state index in [1.54, 1.807) is 0 Å². The van der Waals surface area contributed by atoms with Crippen LogP contribution in [0.2, 0.25) is 0 Å². The summed E-state index contributed by atoms with van der Waals surface area (Å²) in [5.74, 6) is -0.476. The Hall–Kier alpha value is -1.35. The van der Waals surface area contributed by atoms with Gasteiger partial charge in [-0.1, -0.05) is 47.1 Å². The van der Waals surface area contributed by atoms with Gasteiger partial charge in [0.05, 0.1) is 0 Å². The molecular weight excluding hydrogens is 202 g/mol. The molecule has 0 spiro atoms. The molecule has 0 aliphatic heterocycles. The van der Waals surface area contributed by atoms with Crippen LogP contribution in [0.1, 0.15) is 12.5 Å². The summed E-state index contributed by atoms with van der Waals surface area (Å²) < 4.78 is 0. The van der Waals surface area contributed by atoms with Crippen molar-refractivity contribution in [2.45, 2.75) is 13.3 Å². The first-order chi connectivity index (χ1) is 6.68. The zero-order valence-electron chi connectivity index (χ0n) is 7.74. The Balaban J connectivity index is 2.53. The molecule has 14 heavy (non-hydrogen) atoms. The fraction of sp³-hybridized carbons (Fsp3) is 0.200. The quantitative estimate of drug-likeness (QED) is 0.437. The molecule has 0 aliphatic rings. The highest BCUT2D eigenvalue weighted by atomic mass is 35.5. The summed E-state index contributed by atoms with van der Waals surface area (Å²) in [6.45, 7) is 1.27. The second-order valence-electron chi connectivity index (χ2n) is 2.71. The molecule has 0 aliphatic carbocycles. The summed E-state index contributed by atoms with van der Waals surface area (Å²) in [7, 11) is 0. The highest BCUT2D eigenvalue weighted by Gasteiger charge is 1.98. The van der Waals surface area contributed by atoms with Crippen molar-refractivity contribution in [2.24, 2.45) is 5.16 Å². The number of carbonyl (C=O) groups is 1. The van der Waals surface area contributed by atoms with Gasteiger partial charge in [-0.3, -0.25) is 0 Å². The molecule has 4 heteroatoms. The van der Waals surface area contributed by atoms with Crippen LogP contribution in [-0.2, 0) is 16.1 Å². The van der Waals surface area contributed by atoms with Gasteiger partial charge in [-0.2, -0.15) is 0 Å². The summed E-state index contributed by atoms with van der Waals surface area (Å²) in [4.78, 5) is 14.8. The van der Waals surface area contributed by atoms with Crippen molar-refractivity contribution in [1.29, 1.82) is 0 Å². The van der Waals surface area contributed by atoms with Gasteiger partial charge in [0, 0.05) is 13.3 Å². The van der Waals surface area contributed by atoms with E-state index in [1.165, 1.54) is 6.92 Å². The SMILES string of the molecule is CC(=O)ON=C(Cl)Cc1ccccc1. The van der Waals surface area contributed by atoms with Gasteiger partial charge < -0.3 is 4.84 Å². The van der Waals surface area contributed by atoms with E-state index in [0.717, 1.165) is 5.56 Å². The number of oxime groups is 1. The molecule has 0 saturated heterocycles. The first-order valence-corrected chi connectivity index (χ1v) is 4.50. The lowest BCUT2D eigenvalue weighted by molar-refractivity contribution is -0.140. The molecule has 0 unspecified atom stereocenters. The molecule has 0 saturated carbocycles. The normalized spacial score (nSPS) is 11.1. The van der Waals surface area contributed by atoms with E-state index in [4.69, 9.17) is 11.6 Å². The lowest BCUT2D eigenvalue weighted by atomic mass is 10.2. The van der Waals surface area contributed by atoms with Crippen LogP contribution in [0.4, 0.5) is 0 Å². The van der Waals surface area contributed by atoms with Crippen LogP contribution in [0, 0.1) is 0 Å². The Morgan fingerprint density at radius 1 is 1.43 bits per heavy atom. The van der Waals surface area contributed by atoms with Crippen LogP contribution < -0.4 is 0 Å². The predicted molar refractivity (Wildman–Crippen MR) is 55.2 cm³/mol. The number of benzene rings is 1. The Morgan fingerprint density at radius 3 is 2.64 bits per heavy atom. The van der Waals surface area contributed by atoms with Crippen LogP contribution in [0.15, 0.2) is 35.5 Å². The Bertz CT molecular complexity index is 335. The van der Waals surface area contributed by atoms with E-state index in [0.29, 0.717) is 6.42 Å². The highest BCUT2D eigenvalue weighted by Crippen LogP contribution is 2.03. The summed E-state index contributed by atoms with van der Waals surface area (Å²) in [6, 6.07) is 9.58. The third-order valence-electron chi connectivity index (χ3n) is 1.47. The maximum atomic E-state index is 10.4. The summed E-state index contributed by atoms with van der Waals surface area (Å²) in [5, 5.41) is 3.71. The van der Waals surface area contributed by atoms with Gasteiger partial charge >= 0.3 is 5.97 Å². The monoisotopic (exact) mass is 211 g/mol. The maximum absolute atomic E-state index is 10.4. The maximum Gasteiger partial charge on any atom is 0.332 e. The molecule has 1 aromatic rings. The molecule has 1 rings (SSSR count). The number of hydrogen-bond acceptors (Lipinski definition) is 3. The number of rotatable bonds is 3. The number of carbonyl (C=O) groups excluding carboxylic acids is 1. The molecule has 0 heterocycles. The van der Waals surface area contributed by atoms with Gasteiger partial charge in [0.1, 0.15) is 0 Å². The number of nitrogens with zero attached hydrogens (tertiary/aromatic N) is 1. The summed E-state index contributed by atoms with van der Waals surface area (Å²) in [5.41, 5.74) is 1.02. The molecule has 1 aromatic carbocycles. The average Bonchev–Trinajstić information content (AvgIpc) is 2.16. The van der Waals surface area contributed by atoms with Crippen molar-refractivity contribution in [1.82, 2.24) is 0 Å². The van der Waals surface area contributed by atoms with E-state index >= 15 is 0 Å². The zero-order valence-corrected chi connectivity index (χ0v) is 8.49. The zero-order chi connectivity index (χ0) is 10.4. The Morgan fingerprint density at radius 2 is 2.07 bits per heavy atom. The lowest BCUT2D eigenvalue weighted by Crippen LogP contribution is -1.98. The van der Waals surface area contributed by atoms with Gasteiger partial charge in [0.2, 0.25) is 0 Å². The van der Waals surface area contributed by atoms with Gasteiger partial charge in [-0.25, -0.2) is 4.79 Å². The van der Waals surface area contributed by atoms with Crippen molar-refractivity contribution in [3.8, 4) is 0 Å². The fourth-order valence-electron chi connectivity index (χ4n) is 0.910.